The van der Waals surface area contributed by atoms with Gasteiger partial charge in [-0.05, 0) is 30.5 Å². The summed E-state index contributed by atoms with van der Waals surface area (Å²) in [6.07, 6.45) is 25.2. The Morgan fingerprint density at radius 1 is 0.483 bits per heavy atom. The third-order valence-electron chi connectivity index (χ3n) is 5.98. The van der Waals surface area contributed by atoms with Crippen LogP contribution in [0.4, 0.5) is 0 Å². The van der Waals surface area contributed by atoms with Gasteiger partial charge in [-0.25, -0.2) is 0 Å². The molecule has 29 heavy (non-hydrogen) atoms. The molecule has 0 aliphatic carbocycles. The fraction of sp³-hybridized carbons (Fsp3) is 0.778. The van der Waals surface area contributed by atoms with Crippen molar-refractivity contribution in [3.05, 3.63) is 23.8 Å². The van der Waals surface area contributed by atoms with Crippen molar-refractivity contribution >= 4 is 0 Å². The van der Waals surface area contributed by atoms with E-state index in [0.29, 0.717) is 0 Å². The average Bonchev–Trinajstić information content (AvgIpc) is 2.75. The van der Waals surface area contributed by atoms with E-state index >= 15 is 0 Å². The van der Waals surface area contributed by atoms with Crippen molar-refractivity contribution < 1.29 is 9.47 Å². The summed E-state index contributed by atoms with van der Waals surface area (Å²) in [7, 11) is 3.43. The fourth-order valence-corrected chi connectivity index (χ4v) is 4.06. The van der Waals surface area contributed by atoms with Gasteiger partial charge in [-0.3, -0.25) is 0 Å². The van der Waals surface area contributed by atoms with Gasteiger partial charge in [-0.15, -0.1) is 0 Å². The minimum absolute atomic E-state index is 0.895. The Hall–Kier alpha value is -1.18. The molecule has 0 atom stereocenters. The molecule has 0 aliphatic heterocycles. The van der Waals surface area contributed by atoms with Crippen molar-refractivity contribution in [1.82, 2.24) is 0 Å². The summed E-state index contributed by atoms with van der Waals surface area (Å²) >= 11 is 0. The number of aryl methyl sites for hydroxylation is 1. The molecule has 2 heteroatoms. The third kappa shape index (κ3) is 14.4. The number of hydrogen-bond donors (Lipinski definition) is 0. The molecular formula is C27H48O2. The summed E-state index contributed by atoms with van der Waals surface area (Å²) in [6.45, 7) is 2.29. The molecule has 1 aromatic carbocycles. The molecule has 0 spiro atoms. The summed E-state index contributed by atoms with van der Waals surface area (Å²) in [5.41, 5.74) is 1.32. The first-order chi connectivity index (χ1) is 14.3. The van der Waals surface area contributed by atoms with Crippen LogP contribution < -0.4 is 9.47 Å². The van der Waals surface area contributed by atoms with Crippen LogP contribution in [0.2, 0.25) is 0 Å². The van der Waals surface area contributed by atoms with E-state index in [1.807, 2.05) is 6.07 Å². The number of unbranched alkanes of at least 4 members (excludes halogenated alkanes) is 16. The van der Waals surface area contributed by atoms with Crippen molar-refractivity contribution in [2.75, 3.05) is 14.2 Å². The molecule has 0 radical (unpaired) electrons. The van der Waals surface area contributed by atoms with E-state index in [1.165, 1.54) is 115 Å². The highest BCUT2D eigenvalue weighted by atomic mass is 16.5. The first-order valence-electron chi connectivity index (χ1n) is 12.5. The lowest BCUT2D eigenvalue weighted by molar-refractivity contribution is 0.393. The Bertz CT molecular complexity index is 461. The summed E-state index contributed by atoms with van der Waals surface area (Å²) in [5.74, 6) is 1.79. The molecule has 0 saturated heterocycles. The Morgan fingerprint density at radius 3 is 1.17 bits per heavy atom. The minimum Gasteiger partial charge on any atom is -0.497 e. The molecule has 0 saturated carbocycles. The maximum atomic E-state index is 5.35. The van der Waals surface area contributed by atoms with Gasteiger partial charge in [0.1, 0.15) is 11.5 Å². The molecule has 2 nitrogen and oxygen atoms in total. The Kier molecular flexibility index (Phi) is 16.8. The first kappa shape index (κ1) is 25.9. The third-order valence-corrected chi connectivity index (χ3v) is 5.98. The molecular weight excluding hydrogens is 356 g/mol. The van der Waals surface area contributed by atoms with E-state index in [9.17, 15) is 0 Å². The number of benzene rings is 1. The molecule has 0 fully saturated rings. The number of methoxy groups -OCH3 is 2. The molecule has 0 amide bonds. The maximum Gasteiger partial charge on any atom is 0.122 e. The van der Waals surface area contributed by atoms with Crippen LogP contribution in [-0.2, 0) is 6.42 Å². The van der Waals surface area contributed by atoms with Gasteiger partial charge in [0.25, 0.3) is 0 Å². The van der Waals surface area contributed by atoms with Gasteiger partial charge < -0.3 is 9.47 Å². The van der Waals surface area contributed by atoms with Crippen molar-refractivity contribution in [3.8, 4) is 11.5 Å². The van der Waals surface area contributed by atoms with E-state index < -0.39 is 0 Å². The van der Waals surface area contributed by atoms with Crippen LogP contribution in [0.3, 0.4) is 0 Å². The number of hydrogen-bond acceptors (Lipinski definition) is 2. The molecule has 0 unspecified atom stereocenters. The second kappa shape index (κ2) is 18.8. The minimum atomic E-state index is 0.895. The smallest absolute Gasteiger partial charge is 0.122 e. The van der Waals surface area contributed by atoms with Gasteiger partial charge in [0.15, 0.2) is 0 Å². The second-order valence-corrected chi connectivity index (χ2v) is 8.63. The molecule has 168 valence electrons. The topological polar surface area (TPSA) is 18.5 Å². The Labute approximate surface area is 181 Å². The van der Waals surface area contributed by atoms with Crippen molar-refractivity contribution in [3.63, 3.8) is 0 Å². The van der Waals surface area contributed by atoms with Crippen LogP contribution >= 0.6 is 0 Å². The fourth-order valence-electron chi connectivity index (χ4n) is 4.06. The zero-order valence-corrected chi connectivity index (χ0v) is 19.8. The van der Waals surface area contributed by atoms with E-state index in [4.69, 9.17) is 9.47 Å². The normalized spacial score (nSPS) is 11.0. The van der Waals surface area contributed by atoms with Gasteiger partial charge in [0.2, 0.25) is 0 Å². The van der Waals surface area contributed by atoms with Gasteiger partial charge in [0, 0.05) is 6.07 Å². The van der Waals surface area contributed by atoms with Crippen LogP contribution in [-0.4, -0.2) is 14.2 Å². The highest BCUT2D eigenvalue weighted by molar-refractivity contribution is 5.38. The number of rotatable bonds is 20. The largest absolute Gasteiger partial charge is 0.497 e. The summed E-state index contributed by atoms with van der Waals surface area (Å²) < 4.78 is 10.7. The SMILES string of the molecule is CCCCCCCCCCCCCCCCCCCc1cc(OC)cc(OC)c1. The molecule has 0 N–H and O–H groups in total. The molecule has 1 rings (SSSR count). The van der Waals surface area contributed by atoms with E-state index in [-0.39, 0.29) is 0 Å². The quantitative estimate of drug-likeness (QED) is 0.202. The zero-order valence-electron chi connectivity index (χ0n) is 19.8. The maximum absolute atomic E-state index is 5.35. The standard InChI is InChI=1S/C27H48O2/c1-4-5-6-7-8-9-10-11-12-13-14-15-16-17-18-19-20-21-25-22-26(28-2)24-27(23-25)29-3/h22-24H,4-21H2,1-3H3. The first-order valence-corrected chi connectivity index (χ1v) is 12.5. The predicted molar refractivity (Wildman–Crippen MR) is 127 cm³/mol. The predicted octanol–water partition coefficient (Wildman–Crippen LogP) is 8.90. The monoisotopic (exact) mass is 404 g/mol. The van der Waals surface area contributed by atoms with Gasteiger partial charge >= 0.3 is 0 Å². The van der Waals surface area contributed by atoms with E-state index in [1.54, 1.807) is 14.2 Å². The van der Waals surface area contributed by atoms with Crippen molar-refractivity contribution in [2.45, 2.75) is 122 Å². The molecule has 0 aliphatic rings. The second-order valence-electron chi connectivity index (χ2n) is 8.63. The summed E-state index contributed by atoms with van der Waals surface area (Å²) in [5, 5.41) is 0. The van der Waals surface area contributed by atoms with Gasteiger partial charge in [0.05, 0.1) is 14.2 Å². The van der Waals surface area contributed by atoms with Crippen LogP contribution in [0.1, 0.15) is 122 Å². The van der Waals surface area contributed by atoms with Crippen LogP contribution in [0.5, 0.6) is 11.5 Å². The van der Waals surface area contributed by atoms with E-state index in [2.05, 4.69) is 19.1 Å². The van der Waals surface area contributed by atoms with Crippen molar-refractivity contribution in [1.29, 1.82) is 0 Å². The van der Waals surface area contributed by atoms with Crippen LogP contribution in [0, 0.1) is 0 Å². The lowest BCUT2D eigenvalue weighted by Gasteiger charge is -2.08. The highest BCUT2D eigenvalue weighted by Crippen LogP contribution is 2.24. The van der Waals surface area contributed by atoms with Crippen LogP contribution in [0.15, 0.2) is 18.2 Å². The van der Waals surface area contributed by atoms with Crippen LogP contribution in [0.25, 0.3) is 0 Å². The number of ether oxygens (including phenoxy) is 2. The molecule has 0 aromatic heterocycles. The lowest BCUT2D eigenvalue weighted by Crippen LogP contribution is -1.92. The molecule has 0 bridgehead atoms. The summed E-state index contributed by atoms with van der Waals surface area (Å²) in [4.78, 5) is 0. The average molecular weight is 405 g/mol. The zero-order chi connectivity index (χ0) is 21.0. The Morgan fingerprint density at radius 2 is 0.828 bits per heavy atom. The van der Waals surface area contributed by atoms with Crippen molar-refractivity contribution in [2.24, 2.45) is 0 Å². The van der Waals surface area contributed by atoms with Gasteiger partial charge in [-0.2, -0.15) is 0 Å². The molecule has 0 heterocycles. The lowest BCUT2D eigenvalue weighted by atomic mass is 10.0. The van der Waals surface area contributed by atoms with E-state index in [0.717, 1.165) is 17.9 Å². The Balaban J connectivity index is 1.86. The molecule has 1 aromatic rings. The summed E-state index contributed by atoms with van der Waals surface area (Å²) in [6, 6.07) is 6.21. The highest BCUT2D eigenvalue weighted by Gasteiger charge is 2.02. The van der Waals surface area contributed by atoms with Gasteiger partial charge in [-0.1, -0.05) is 110 Å².